The Morgan fingerprint density at radius 2 is 1.89 bits per heavy atom. The van der Waals surface area contributed by atoms with E-state index >= 15 is 0 Å². The molecule has 0 spiro atoms. The first-order chi connectivity index (χ1) is 13.2. The monoisotopic (exact) mass is 395 g/mol. The summed E-state index contributed by atoms with van der Waals surface area (Å²) in [6.07, 6.45) is -4.34. The molecule has 0 bridgehead atoms. The van der Waals surface area contributed by atoms with E-state index in [9.17, 15) is 27.2 Å². The second-order valence-corrected chi connectivity index (χ2v) is 6.41. The smallest absolute Gasteiger partial charge is 0.326 e. The van der Waals surface area contributed by atoms with Crippen LogP contribution in [0.5, 0.6) is 0 Å². The molecule has 9 heteroatoms. The van der Waals surface area contributed by atoms with Crippen molar-refractivity contribution in [2.45, 2.75) is 25.6 Å². The fourth-order valence-electron chi connectivity index (χ4n) is 3.02. The van der Waals surface area contributed by atoms with Crippen LogP contribution in [0.25, 0.3) is 0 Å². The maximum atomic E-state index is 13.4. The standard InChI is InChI=1S/C19H17F4N3O2/c1-11-10-12(6-7-14(11)20)26-9-8-16(17(26)27)25-18(28)24-15-5-3-2-4-13(15)19(21,22)23/h2-7,10,16H,8-9H2,1H3,(H2,24,25,28)/t16-/m1/s1. The molecule has 148 valence electrons. The van der Waals surface area contributed by atoms with Gasteiger partial charge in [-0.05, 0) is 49.2 Å². The fourth-order valence-corrected chi connectivity index (χ4v) is 3.02. The van der Waals surface area contributed by atoms with E-state index in [1.807, 2.05) is 0 Å². The van der Waals surface area contributed by atoms with Gasteiger partial charge in [0.2, 0.25) is 5.91 Å². The van der Waals surface area contributed by atoms with E-state index in [0.29, 0.717) is 17.8 Å². The Balaban J connectivity index is 1.67. The third kappa shape index (κ3) is 4.08. The van der Waals surface area contributed by atoms with Crippen molar-refractivity contribution in [3.63, 3.8) is 0 Å². The Morgan fingerprint density at radius 3 is 2.57 bits per heavy atom. The summed E-state index contributed by atoms with van der Waals surface area (Å²) in [5.74, 6) is -0.807. The predicted molar refractivity (Wildman–Crippen MR) is 95.5 cm³/mol. The number of carbonyl (C=O) groups is 2. The number of rotatable bonds is 3. The number of urea groups is 1. The molecule has 3 amide bonds. The molecule has 0 aromatic heterocycles. The number of nitrogens with zero attached hydrogens (tertiary/aromatic N) is 1. The average Bonchev–Trinajstić information content (AvgIpc) is 2.97. The summed E-state index contributed by atoms with van der Waals surface area (Å²) in [5.41, 5.74) is -0.505. The zero-order chi connectivity index (χ0) is 20.5. The van der Waals surface area contributed by atoms with Crippen molar-refractivity contribution in [1.82, 2.24) is 5.32 Å². The van der Waals surface area contributed by atoms with Crippen LogP contribution in [-0.2, 0) is 11.0 Å². The van der Waals surface area contributed by atoms with E-state index in [1.165, 1.54) is 35.2 Å². The van der Waals surface area contributed by atoms with Crippen LogP contribution in [0.4, 0.5) is 33.7 Å². The summed E-state index contributed by atoms with van der Waals surface area (Å²) in [5, 5.41) is 4.54. The van der Waals surface area contributed by atoms with Gasteiger partial charge in [-0.1, -0.05) is 12.1 Å². The second kappa shape index (κ2) is 7.49. The molecule has 0 radical (unpaired) electrons. The lowest BCUT2D eigenvalue weighted by Gasteiger charge is -2.18. The van der Waals surface area contributed by atoms with Gasteiger partial charge in [-0.15, -0.1) is 0 Å². The summed E-state index contributed by atoms with van der Waals surface area (Å²) in [6.45, 7) is 1.87. The summed E-state index contributed by atoms with van der Waals surface area (Å²) in [4.78, 5) is 26.1. The van der Waals surface area contributed by atoms with Gasteiger partial charge in [-0.2, -0.15) is 13.2 Å². The van der Waals surface area contributed by atoms with Gasteiger partial charge in [0, 0.05) is 12.2 Å². The Labute approximate surface area is 158 Å². The van der Waals surface area contributed by atoms with Crippen molar-refractivity contribution < 1.29 is 27.2 Å². The number of benzene rings is 2. The first-order valence-corrected chi connectivity index (χ1v) is 8.48. The van der Waals surface area contributed by atoms with Crippen molar-refractivity contribution in [2.24, 2.45) is 0 Å². The number of para-hydroxylation sites is 1. The summed E-state index contributed by atoms with van der Waals surface area (Å²) in [6, 6.07) is 7.01. The minimum absolute atomic E-state index is 0.281. The molecule has 5 nitrogen and oxygen atoms in total. The highest BCUT2D eigenvalue weighted by molar-refractivity contribution is 6.02. The van der Waals surface area contributed by atoms with E-state index < -0.39 is 41.2 Å². The Kier molecular flexibility index (Phi) is 5.26. The third-order valence-electron chi connectivity index (χ3n) is 4.44. The van der Waals surface area contributed by atoms with E-state index in [1.54, 1.807) is 6.92 Å². The Bertz CT molecular complexity index is 914. The molecule has 1 aliphatic heterocycles. The van der Waals surface area contributed by atoms with Gasteiger partial charge in [-0.25, -0.2) is 9.18 Å². The van der Waals surface area contributed by atoms with Crippen LogP contribution in [0.1, 0.15) is 17.5 Å². The molecule has 0 unspecified atom stereocenters. The number of halogens is 4. The van der Waals surface area contributed by atoms with Crippen LogP contribution in [0.3, 0.4) is 0 Å². The minimum Gasteiger partial charge on any atom is -0.326 e. The maximum absolute atomic E-state index is 13.4. The van der Waals surface area contributed by atoms with Crippen LogP contribution in [0, 0.1) is 12.7 Å². The van der Waals surface area contributed by atoms with Crippen LogP contribution in [-0.4, -0.2) is 24.5 Å². The second-order valence-electron chi connectivity index (χ2n) is 6.41. The van der Waals surface area contributed by atoms with Crippen molar-refractivity contribution in [3.05, 3.63) is 59.4 Å². The first-order valence-electron chi connectivity index (χ1n) is 8.48. The van der Waals surface area contributed by atoms with Gasteiger partial charge in [-0.3, -0.25) is 4.79 Å². The number of nitrogens with one attached hydrogen (secondary N) is 2. The number of hydrogen-bond donors (Lipinski definition) is 2. The summed E-state index contributed by atoms with van der Waals surface area (Å²) >= 11 is 0. The predicted octanol–water partition coefficient (Wildman–Crippen LogP) is 4.08. The van der Waals surface area contributed by atoms with Crippen LogP contribution >= 0.6 is 0 Å². The van der Waals surface area contributed by atoms with Crippen molar-refractivity contribution in [1.29, 1.82) is 0 Å². The van der Waals surface area contributed by atoms with Crippen LogP contribution in [0.15, 0.2) is 42.5 Å². The van der Waals surface area contributed by atoms with Gasteiger partial charge in [0.15, 0.2) is 0 Å². The first kappa shape index (κ1) is 19.7. The van der Waals surface area contributed by atoms with E-state index in [0.717, 1.165) is 12.1 Å². The Morgan fingerprint density at radius 1 is 1.18 bits per heavy atom. The molecule has 28 heavy (non-hydrogen) atoms. The zero-order valence-corrected chi connectivity index (χ0v) is 14.8. The van der Waals surface area contributed by atoms with Gasteiger partial charge >= 0.3 is 12.2 Å². The lowest BCUT2D eigenvalue weighted by Crippen LogP contribution is -2.43. The lowest BCUT2D eigenvalue weighted by atomic mass is 10.1. The highest BCUT2D eigenvalue weighted by Gasteiger charge is 2.36. The molecule has 0 aliphatic carbocycles. The third-order valence-corrected chi connectivity index (χ3v) is 4.44. The van der Waals surface area contributed by atoms with Crippen molar-refractivity contribution in [3.8, 4) is 0 Å². The van der Waals surface area contributed by atoms with Crippen LogP contribution in [0.2, 0.25) is 0 Å². The van der Waals surface area contributed by atoms with Crippen LogP contribution < -0.4 is 15.5 Å². The lowest BCUT2D eigenvalue weighted by molar-refractivity contribution is -0.137. The molecule has 1 fully saturated rings. The maximum Gasteiger partial charge on any atom is 0.418 e. The largest absolute Gasteiger partial charge is 0.418 e. The number of amides is 3. The van der Waals surface area contributed by atoms with Gasteiger partial charge < -0.3 is 15.5 Å². The normalized spacial score (nSPS) is 17.0. The molecule has 2 N–H and O–H groups in total. The molecule has 1 heterocycles. The minimum atomic E-state index is -4.62. The summed E-state index contributed by atoms with van der Waals surface area (Å²) < 4.78 is 52.4. The molecule has 1 saturated heterocycles. The van der Waals surface area contributed by atoms with E-state index in [-0.39, 0.29) is 6.42 Å². The number of carbonyl (C=O) groups excluding carboxylic acids is 2. The molecule has 1 atom stereocenters. The molecule has 2 aromatic carbocycles. The molecule has 2 aromatic rings. The van der Waals surface area contributed by atoms with E-state index in [4.69, 9.17) is 0 Å². The molecule has 0 saturated carbocycles. The van der Waals surface area contributed by atoms with Gasteiger partial charge in [0.25, 0.3) is 0 Å². The number of alkyl halides is 3. The number of aryl methyl sites for hydroxylation is 1. The zero-order valence-electron chi connectivity index (χ0n) is 14.8. The quantitative estimate of drug-likeness (QED) is 0.770. The molecular formula is C19H17F4N3O2. The Hall–Kier alpha value is -3.10. The summed E-state index contributed by atoms with van der Waals surface area (Å²) in [7, 11) is 0. The highest BCUT2D eigenvalue weighted by atomic mass is 19.4. The topological polar surface area (TPSA) is 61.4 Å². The van der Waals surface area contributed by atoms with Crippen molar-refractivity contribution in [2.75, 3.05) is 16.8 Å². The number of anilines is 2. The SMILES string of the molecule is Cc1cc(N2CC[C@@H](NC(=O)Nc3ccccc3C(F)(F)F)C2=O)ccc1F. The number of hydrogen-bond acceptors (Lipinski definition) is 2. The fraction of sp³-hybridized carbons (Fsp3) is 0.263. The van der Waals surface area contributed by atoms with E-state index in [2.05, 4.69) is 10.6 Å². The van der Waals surface area contributed by atoms with Gasteiger partial charge in [0.1, 0.15) is 11.9 Å². The van der Waals surface area contributed by atoms with Crippen molar-refractivity contribution >= 4 is 23.3 Å². The van der Waals surface area contributed by atoms with Gasteiger partial charge in [0.05, 0.1) is 11.3 Å². The molecule has 3 rings (SSSR count). The highest BCUT2D eigenvalue weighted by Crippen LogP contribution is 2.34. The average molecular weight is 395 g/mol. The molecule has 1 aliphatic rings. The molecular weight excluding hydrogens is 378 g/mol.